The number of hydrogen-bond acceptors (Lipinski definition) is 4. The van der Waals surface area contributed by atoms with Gasteiger partial charge in [0, 0.05) is 6.54 Å². The monoisotopic (exact) mass is 395 g/mol. The number of esters is 1. The SMILES string of the molecule is COc1ccc(CNC(=O)[C@@H](C)OC(=O)Cc2ccc(Cl)c(Cl)c2)cc1. The van der Waals surface area contributed by atoms with Gasteiger partial charge >= 0.3 is 5.97 Å². The topological polar surface area (TPSA) is 64.6 Å². The Bertz CT molecular complexity index is 778. The molecule has 0 aliphatic heterocycles. The zero-order chi connectivity index (χ0) is 19.1. The van der Waals surface area contributed by atoms with E-state index in [-0.39, 0.29) is 12.3 Å². The van der Waals surface area contributed by atoms with E-state index < -0.39 is 12.1 Å². The van der Waals surface area contributed by atoms with Crippen molar-refractivity contribution in [2.75, 3.05) is 7.11 Å². The third kappa shape index (κ3) is 5.93. The normalized spacial score (nSPS) is 11.5. The first-order valence-electron chi connectivity index (χ1n) is 7.93. The van der Waals surface area contributed by atoms with E-state index >= 15 is 0 Å². The molecule has 7 heteroatoms. The molecule has 2 aromatic carbocycles. The Morgan fingerprint density at radius 2 is 1.69 bits per heavy atom. The molecule has 26 heavy (non-hydrogen) atoms. The average molecular weight is 396 g/mol. The van der Waals surface area contributed by atoms with Gasteiger partial charge in [-0.2, -0.15) is 0 Å². The van der Waals surface area contributed by atoms with Crippen LogP contribution in [0.25, 0.3) is 0 Å². The molecule has 0 unspecified atom stereocenters. The second kappa shape index (κ2) is 9.46. The van der Waals surface area contributed by atoms with Gasteiger partial charge in [-0.1, -0.05) is 41.4 Å². The van der Waals surface area contributed by atoms with E-state index in [4.69, 9.17) is 32.7 Å². The maximum absolute atomic E-state index is 12.1. The van der Waals surface area contributed by atoms with E-state index in [1.807, 2.05) is 24.3 Å². The molecule has 0 heterocycles. The minimum absolute atomic E-state index is 0.00693. The van der Waals surface area contributed by atoms with Crippen molar-refractivity contribution in [3.8, 4) is 5.75 Å². The largest absolute Gasteiger partial charge is 0.497 e. The lowest BCUT2D eigenvalue weighted by molar-refractivity contribution is -0.154. The summed E-state index contributed by atoms with van der Waals surface area (Å²) in [4.78, 5) is 24.1. The summed E-state index contributed by atoms with van der Waals surface area (Å²) < 4.78 is 10.2. The van der Waals surface area contributed by atoms with Crippen molar-refractivity contribution in [1.29, 1.82) is 0 Å². The summed E-state index contributed by atoms with van der Waals surface area (Å²) in [5, 5.41) is 3.50. The molecule has 5 nitrogen and oxygen atoms in total. The molecular formula is C19H19Cl2NO4. The summed E-state index contributed by atoms with van der Waals surface area (Å²) in [7, 11) is 1.59. The summed E-state index contributed by atoms with van der Waals surface area (Å²) in [6.07, 6.45) is -0.893. The summed E-state index contributed by atoms with van der Waals surface area (Å²) >= 11 is 11.8. The number of amides is 1. The highest BCUT2D eigenvalue weighted by atomic mass is 35.5. The maximum atomic E-state index is 12.1. The molecule has 138 valence electrons. The number of carbonyl (C=O) groups excluding carboxylic acids is 2. The van der Waals surface area contributed by atoms with Gasteiger partial charge in [0.15, 0.2) is 6.10 Å². The van der Waals surface area contributed by atoms with Gasteiger partial charge in [0.2, 0.25) is 0 Å². The molecule has 0 aromatic heterocycles. The van der Waals surface area contributed by atoms with E-state index in [2.05, 4.69) is 5.32 Å². The quantitative estimate of drug-likeness (QED) is 0.724. The predicted octanol–water partition coefficient (Wildman–Crippen LogP) is 3.79. The molecule has 0 saturated carbocycles. The number of rotatable bonds is 7. The molecular weight excluding hydrogens is 377 g/mol. The maximum Gasteiger partial charge on any atom is 0.311 e. The molecule has 0 radical (unpaired) electrons. The molecule has 0 bridgehead atoms. The van der Waals surface area contributed by atoms with Crippen molar-refractivity contribution >= 4 is 35.1 Å². The Balaban J connectivity index is 1.81. The van der Waals surface area contributed by atoms with E-state index in [0.29, 0.717) is 22.2 Å². The lowest BCUT2D eigenvalue weighted by atomic mass is 10.1. The van der Waals surface area contributed by atoms with Crippen LogP contribution in [0.4, 0.5) is 0 Å². The lowest BCUT2D eigenvalue weighted by Crippen LogP contribution is -2.35. The minimum Gasteiger partial charge on any atom is -0.497 e. The van der Waals surface area contributed by atoms with E-state index in [1.54, 1.807) is 25.3 Å². The lowest BCUT2D eigenvalue weighted by Gasteiger charge is -2.14. The second-order valence-corrected chi connectivity index (χ2v) is 6.44. The fourth-order valence-corrected chi connectivity index (χ4v) is 2.51. The molecule has 2 aromatic rings. The van der Waals surface area contributed by atoms with Gasteiger partial charge in [0.1, 0.15) is 5.75 Å². The highest BCUT2D eigenvalue weighted by molar-refractivity contribution is 6.42. The standard InChI is InChI=1S/C19H19Cl2NO4/c1-12(19(24)22-11-13-3-6-15(25-2)7-4-13)26-18(23)10-14-5-8-16(20)17(21)9-14/h3-9,12H,10-11H2,1-2H3,(H,22,24)/t12-/m1/s1. The Morgan fingerprint density at radius 1 is 1.04 bits per heavy atom. The smallest absolute Gasteiger partial charge is 0.311 e. The number of ether oxygens (including phenoxy) is 2. The van der Waals surface area contributed by atoms with Gasteiger partial charge in [0.25, 0.3) is 5.91 Å². The van der Waals surface area contributed by atoms with Crippen LogP contribution < -0.4 is 10.1 Å². The van der Waals surface area contributed by atoms with Crippen LogP contribution in [-0.4, -0.2) is 25.1 Å². The number of hydrogen-bond donors (Lipinski definition) is 1. The third-order valence-electron chi connectivity index (χ3n) is 3.64. The van der Waals surface area contributed by atoms with Crippen LogP contribution in [0.5, 0.6) is 5.75 Å². The number of halogens is 2. The van der Waals surface area contributed by atoms with Crippen molar-refractivity contribution in [2.45, 2.75) is 26.0 Å². The molecule has 0 aliphatic carbocycles. The van der Waals surface area contributed by atoms with Gasteiger partial charge in [-0.05, 0) is 42.3 Å². The van der Waals surface area contributed by atoms with Crippen molar-refractivity contribution in [2.24, 2.45) is 0 Å². The van der Waals surface area contributed by atoms with Crippen LogP contribution in [0.1, 0.15) is 18.1 Å². The fourth-order valence-electron chi connectivity index (χ4n) is 2.18. The Morgan fingerprint density at radius 3 is 2.31 bits per heavy atom. The van der Waals surface area contributed by atoms with E-state index in [9.17, 15) is 9.59 Å². The van der Waals surface area contributed by atoms with Crippen LogP contribution in [0, 0.1) is 0 Å². The van der Waals surface area contributed by atoms with Gasteiger partial charge in [0.05, 0.1) is 23.6 Å². The van der Waals surface area contributed by atoms with Crippen molar-refractivity contribution in [1.82, 2.24) is 5.32 Å². The Labute approximate surface area is 162 Å². The van der Waals surface area contributed by atoms with Crippen LogP contribution in [-0.2, 0) is 27.3 Å². The summed E-state index contributed by atoms with van der Waals surface area (Å²) in [6.45, 7) is 1.85. The molecule has 0 spiro atoms. The van der Waals surface area contributed by atoms with Gasteiger partial charge in [-0.25, -0.2) is 0 Å². The molecule has 0 saturated heterocycles. The number of methoxy groups -OCH3 is 1. The number of benzene rings is 2. The van der Waals surface area contributed by atoms with Gasteiger partial charge in [-0.15, -0.1) is 0 Å². The molecule has 0 fully saturated rings. The molecule has 1 amide bonds. The highest BCUT2D eigenvalue weighted by Crippen LogP contribution is 2.23. The molecule has 1 atom stereocenters. The third-order valence-corrected chi connectivity index (χ3v) is 4.37. The first-order chi connectivity index (χ1) is 12.4. The van der Waals surface area contributed by atoms with Crippen molar-refractivity contribution in [3.05, 3.63) is 63.6 Å². The highest BCUT2D eigenvalue weighted by Gasteiger charge is 2.18. The van der Waals surface area contributed by atoms with Gasteiger partial charge in [-0.3, -0.25) is 9.59 Å². The first-order valence-corrected chi connectivity index (χ1v) is 8.68. The Kier molecular flexibility index (Phi) is 7.30. The summed E-state index contributed by atoms with van der Waals surface area (Å²) in [5.74, 6) is -0.150. The minimum atomic E-state index is -0.900. The van der Waals surface area contributed by atoms with Gasteiger partial charge < -0.3 is 14.8 Å². The van der Waals surface area contributed by atoms with Crippen LogP contribution >= 0.6 is 23.2 Å². The average Bonchev–Trinajstić information content (AvgIpc) is 2.63. The second-order valence-electron chi connectivity index (χ2n) is 5.62. The fraction of sp³-hybridized carbons (Fsp3) is 0.263. The zero-order valence-corrected chi connectivity index (χ0v) is 15.9. The molecule has 2 rings (SSSR count). The van der Waals surface area contributed by atoms with E-state index in [1.165, 1.54) is 6.92 Å². The van der Waals surface area contributed by atoms with Crippen LogP contribution in [0.3, 0.4) is 0 Å². The van der Waals surface area contributed by atoms with E-state index in [0.717, 1.165) is 11.3 Å². The first kappa shape index (κ1) is 20.1. The zero-order valence-electron chi connectivity index (χ0n) is 14.4. The number of nitrogens with one attached hydrogen (secondary N) is 1. The molecule has 1 N–H and O–H groups in total. The predicted molar refractivity (Wildman–Crippen MR) is 101 cm³/mol. The number of carbonyl (C=O) groups is 2. The van der Waals surface area contributed by atoms with Crippen molar-refractivity contribution < 1.29 is 19.1 Å². The Hall–Kier alpha value is -2.24. The van der Waals surface area contributed by atoms with Crippen molar-refractivity contribution in [3.63, 3.8) is 0 Å². The molecule has 0 aliphatic rings. The van der Waals surface area contributed by atoms with Crippen LogP contribution in [0.15, 0.2) is 42.5 Å². The summed E-state index contributed by atoms with van der Waals surface area (Å²) in [5.41, 5.74) is 1.57. The van der Waals surface area contributed by atoms with Crippen LogP contribution in [0.2, 0.25) is 10.0 Å². The summed E-state index contributed by atoms with van der Waals surface area (Å²) in [6, 6.07) is 12.2.